The summed E-state index contributed by atoms with van der Waals surface area (Å²) >= 11 is 2.77. The fourth-order valence-electron chi connectivity index (χ4n) is 9.78. The molecule has 0 saturated carbocycles. The van der Waals surface area contributed by atoms with Crippen molar-refractivity contribution in [1.82, 2.24) is 15.2 Å². The van der Waals surface area contributed by atoms with Gasteiger partial charge in [0.25, 0.3) is 5.91 Å². The van der Waals surface area contributed by atoms with E-state index in [1.165, 1.54) is 30.2 Å². The second-order valence-electron chi connectivity index (χ2n) is 17.7. The van der Waals surface area contributed by atoms with E-state index in [1.54, 1.807) is 17.4 Å². The first-order chi connectivity index (χ1) is 35.8. The van der Waals surface area contributed by atoms with E-state index in [9.17, 15) is 9.59 Å². The number of carbonyl (C=O) groups excluding carboxylic acids is 3. The maximum Gasteiger partial charge on any atom is 0.319 e. The lowest BCUT2D eigenvalue weighted by atomic mass is 9.77. The monoisotopic (exact) mass is 1020 g/mol. The van der Waals surface area contributed by atoms with Crippen LogP contribution < -0.4 is 31.3 Å². The summed E-state index contributed by atoms with van der Waals surface area (Å²) in [4.78, 5) is 56.0. The molecule has 73 heavy (non-hydrogen) atoms. The van der Waals surface area contributed by atoms with Crippen molar-refractivity contribution in [3.8, 4) is 5.75 Å². The molecule has 2 aliphatic rings. The first-order valence-electron chi connectivity index (χ1n) is 23.8. The summed E-state index contributed by atoms with van der Waals surface area (Å²) in [6.45, 7) is -2.69. The Kier molecular flexibility index (Phi) is 14.4. The van der Waals surface area contributed by atoms with Crippen molar-refractivity contribution < 1.29 is 28.7 Å². The number of oxime groups is 1. The Bertz CT molecular complexity index is 3080. The molecule has 8 aromatic rings. The molecule has 14 heteroatoms. The molecule has 2 N–H and O–H groups in total. The van der Waals surface area contributed by atoms with Crippen LogP contribution in [0.5, 0.6) is 5.75 Å². The molecule has 366 valence electrons. The fraction of sp³-hybridized carbons (Fsp3) is 0.153. The number of nitrogens with zero attached hydrogens (tertiary/aromatic N) is 3. The van der Waals surface area contributed by atoms with Gasteiger partial charge < -0.3 is 29.8 Å². The maximum absolute atomic E-state index is 15.2. The highest BCUT2D eigenvalue weighted by atomic mass is 32.2. The van der Waals surface area contributed by atoms with Crippen molar-refractivity contribution in [2.75, 3.05) is 31.8 Å². The highest BCUT2D eigenvalue weighted by molar-refractivity contribution is 8.00. The normalized spacial score (nSPS) is 17.6. The third-order valence-electron chi connectivity index (χ3n) is 13.3. The zero-order valence-corrected chi connectivity index (χ0v) is 42.6. The summed E-state index contributed by atoms with van der Waals surface area (Å²) in [6, 6.07) is 67.8. The van der Waals surface area contributed by atoms with Crippen molar-refractivity contribution in [1.29, 1.82) is 0 Å². The average molecular weight is 1020 g/mol. The number of hydrogen-bond acceptors (Lipinski definition) is 11. The molecule has 2 saturated heterocycles. The smallest absolute Gasteiger partial charge is 0.319 e. The van der Waals surface area contributed by atoms with Crippen LogP contribution in [0.25, 0.3) is 0 Å². The number of thioether (sulfide) groups is 1. The summed E-state index contributed by atoms with van der Waals surface area (Å²) in [5.74, 6) is 1.78. The van der Waals surface area contributed by atoms with Gasteiger partial charge in [0.05, 0.1) is 7.11 Å². The van der Waals surface area contributed by atoms with Gasteiger partial charge in [0.15, 0.2) is 10.8 Å². The zero-order valence-electron chi connectivity index (χ0n) is 40.1. The summed E-state index contributed by atoms with van der Waals surface area (Å²) in [5.41, 5.74) is 1.81. The van der Waals surface area contributed by atoms with Crippen molar-refractivity contribution in [2.24, 2.45) is 10.6 Å². The van der Waals surface area contributed by atoms with Gasteiger partial charge in [-0.1, -0.05) is 205 Å². The number of aromatic nitrogens is 1. The Labute approximate surface area is 433 Å². The van der Waals surface area contributed by atoms with E-state index in [1.807, 2.05) is 133 Å². The molecule has 2 unspecified atom stereocenters. The molecule has 3 atom stereocenters. The van der Waals surface area contributed by atoms with Crippen molar-refractivity contribution in [3.05, 3.63) is 240 Å². The summed E-state index contributed by atoms with van der Waals surface area (Å²) in [6.07, 6.45) is 0. The summed E-state index contributed by atoms with van der Waals surface area (Å²) < 4.78 is 11.7. The molecule has 2 amide bonds. The molecule has 3 heterocycles. The van der Waals surface area contributed by atoms with Gasteiger partial charge in [-0.2, -0.15) is 0 Å². The fourth-order valence-corrected chi connectivity index (χ4v) is 16.4. The number of fused-ring (bicyclic) bond motifs is 1. The second-order valence-corrected chi connectivity index (χ2v) is 22.9. The molecular formula is C59H52N5O6PS2. The SMILES string of the molecule is CON=C(C(=O)NC1C(=O)N2CC(C=P(c3ccccc3)(c3ccccc3)c3ccccc3)(C(=O)OCc3ccc(OC)cc3)CS[C@H]12)c1csc(NC(c2ccccc2)(c2ccccc2)c2ccccc2)n1. The second kappa shape index (κ2) is 21.6. The lowest BCUT2D eigenvalue weighted by Crippen LogP contribution is -2.74. The van der Waals surface area contributed by atoms with Crippen molar-refractivity contribution in [2.45, 2.75) is 23.6 Å². The van der Waals surface area contributed by atoms with Gasteiger partial charge in [-0.25, -0.2) is 4.98 Å². The summed E-state index contributed by atoms with van der Waals surface area (Å²) in [5, 5.41) is 15.9. The van der Waals surface area contributed by atoms with Crippen LogP contribution in [0.2, 0.25) is 0 Å². The number of thiazole rings is 1. The number of nitrogens with one attached hydrogen (secondary N) is 2. The average Bonchev–Trinajstić information content (AvgIpc) is 3.93. The third-order valence-corrected chi connectivity index (χ3v) is 19.8. The van der Waals surface area contributed by atoms with Crippen LogP contribution in [0.15, 0.2) is 217 Å². The minimum absolute atomic E-state index is 0.0216. The van der Waals surface area contributed by atoms with E-state index >= 15 is 4.79 Å². The van der Waals surface area contributed by atoms with Crippen molar-refractivity contribution >= 4 is 80.3 Å². The van der Waals surface area contributed by atoms with Crippen LogP contribution in [0.3, 0.4) is 0 Å². The topological polar surface area (TPSA) is 131 Å². The number of methoxy groups -OCH3 is 1. The number of carbonyl (C=O) groups is 3. The zero-order chi connectivity index (χ0) is 50.3. The van der Waals surface area contributed by atoms with Gasteiger partial charge in [-0.05, 0) is 57.2 Å². The molecule has 0 radical (unpaired) electrons. The molecule has 7 aromatic carbocycles. The Morgan fingerprint density at radius 1 is 0.726 bits per heavy atom. The van der Waals surface area contributed by atoms with Gasteiger partial charge in [-0.3, -0.25) is 14.4 Å². The Balaban J connectivity index is 0.961. The number of rotatable bonds is 17. The quantitative estimate of drug-likeness (QED) is 0.0230. The van der Waals surface area contributed by atoms with Gasteiger partial charge in [0.2, 0.25) is 5.91 Å². The number of anilines is 1. The standard InChI is InChI=1S/C59H52N5O6PS2/c1-68-46-35-33-42(34-36-46)37-70-56(67)58(40-71(47-27-15-6-16-28-47,48-29-17-7-18-30-48)49-31-19-8-20-32-49)39-64-54(66)52(55(64)73-41-58)61-53(65)51(63-69-2)50-38-72-57(60-50)62-59(43-21-9-3-10-22-43,44-23-11-4-12-24-44)45-25-13-5-14-26-45/h3-36,38,40,52,55H,37,39,41H2,1-2H3,(H,60,62)(H,61,65)/t52?,55-,58?/m1/s1. The molecule has 11 nitrogen and oxygen atoms in total. The number of β-lactam (4-membered cyclic amide) rings is 1. The third kappa shape index (κ3) is 9.59. The van der Waals surface area contributed by atoms with Crippen LogP contribution in [-0.2, 0) is 36.1 Å². The van der Waals surface area contributed by atoms with Gasteiger partial charge in [-0.15, -0.1) is 23.1 Å². The minimum atomic E-state index is -2.75. The largest absolute Gasteiger partial charge is 0.497 e. The molecule has 0 spiro atoms. The number of ether oxygens (including phenoxy) is 2. The van der Waals surface area contributed by atoms with E-state index in [0.717, 1.165) is 38.2 Å². The molecule has 0 bridgehead atoms. The van der Waals surface area contributed by atoms with Crippen LogP contribution in [0.1, 0.15) is 27.9 Å². The molecule has 0 aliphatic carbocycles. The van der Waals surface area contributed by atoms with Crippen LogP contribution >= 0.6 is 30.0 Å². The predicted molar refractivity (Wildman–Crippen MR) is 295 cm³/mol. The van der Waals surface area contributed by atoms with E-state index in [4.69, 9.17) is 19.3 Å². The van der Waals surface area contributed by atoms with Gasteiger partial charge in [0.1, 0.15) is 47.5 Å². The highest BCUT2D eigenvalue weighted by Gasteiger charge is 2.58. The van der Waals surface area contributed by atoms with Crippen LogP contribution in [0, 0.1) is 5.41 Å². The van der Waals surface area contributed by atoms with Crippen LogP contribution in [-0.4, -0.2) is 77.1 Å². The minimum Gasteiger partial charge on any atom is -0.497 e. The number of amides is 2. The molecule has 1 aromatic heterocycles. The van der Waals surface area contributed by atoms with Crippen LogP contribution in [0.4, 0.5) is 5.13 Å². The number of hydrogen-bond donors (Lipinski definition) is 2. The molecule has 2 fully saturated rings. The first kappa shape index (κ1) is 48.9. The lowest BCUT2D eigenvalue weighted by Gasteiger charge is -2.54. The Morgan fingerprint density at radius 2 is 1.22 bits per heavy atom. The van der Waals surface area contributed by atoms with Gasteiger partial charge >= 0.3 is 5.97 Å². The van der Waals surface area contributed by atoms with E-state index in [2.05, 4.69) is 94.4 Å². The Morgan fingerprint density at radius 3 is 1.70 bits per heavy atom. The molecular weight excluding hydrogens is 970 g/mol. The maximum atomic E-state index is 15.2. The molecule has 2 aliphatic heterocycles. The lowest BCUT2D eigenvalue weighted by molar-refractivity contribution is -0.159. The Hall–Kier alpha value is -7.70. The number of benzene rings is 7. The molecule has 10 rings (SSSR count). The number of esters is 1. The summed E-state index contributed by atoms with van der Waals surface area (Å²) in [7, 11) is 2.97. The first-order valence-corrected chi connectivity index (χ1v) is 27.5. The van der Waals surface area contributed by atoms with Gasteiger partial charge in [0, 0.05) is 17.7 Å². The highest BCUT2D eigenvalue weighted by Crippen LogP contribution is 2.51. The van der Waals surface area contributed by atoms with Crippen molar-refractivity contribution in [3.63, 3.8) is 0 Å². The van der Waals surface area contributed by atoms with E-state index in [-0.39, 0.29) is 36.2 Å². The van der Waals surface area contributed by atoms with E-state index in [0.29, 0.717) is 10.9 Å². The predicted octanol–water partition coefficient (Wildman–Crippen LogP) is 8.83. The van der Waals surface area contributed by atoms with E-state index < -0.39 is 41.1 Å².